The third kappa shape index (κ3) is 6.43. The van der Waals surface area contributed by atoms with E-state index in [9.17, 15) is 0 Å². The number of hydrogen-bond donors (Lipinski definition) is 3. The number of nitrogens with one attached hydrogen (secondary N) is 1. The third-order valence-corrected chi connectivity index (χ3v) is 3.63. The molecule has 0 aliphatic carbocycles. The summed E-state index contributed by atoms with van der Waals surface area (Å²) in [6, 6.07) is 10.5. The Morgan fingerprint density at radius 2 is 1.89 bits per heavy atom. The van der Waals surface area contributed by atoms with Gasteiger partial charge in [0.05, 0.1) is 0 Å². The van der Waals surface area contributed by atoms with Gasteiger partial charge in [-0.1, -0.05) is 44.2 Å². The summed E-state index contributed by atoms with van der Waals surface area (Å²) in [5, 5.41) is 3.63. The molecule has 0 radical (unpaired) electrons. The Bertz CT molecular complexity index is 314. The van der Waals surface area contributed by atoms with E-state index in [0.29, 0.717) is 0 Å². The number of nitrogens with two attached hydrogens (primary N) is 1. The van der Waals surface area contributed by atoms with Crippen molar-refractivity contribution in [3.8, 4) is 0 Å². The highest BCUT2D eigenvalue weighted by Gasteiger charge is 2.13. The lowest BCUT2D eigenvalue weighted by molar-refractivity contribution is 0.516. The first-order chi connectivity index (χ1) is 8.59. The van der Waals surface area contributed by atoms with Crippen LogP contribution in [0.15, 0.2) is 30.3 Å². The molecule has 0 bridgehead atoms. The Morgan fingerprint density at radius 1 is 1.22 bits per heavy atom. The maximum atomic E-state index is 6.17. The molecule has 2 unspecified atom stereocenters. The van der Waals surface area contributed by atoms with Crippen molar-refractivity contribution in [3.63, 3.8) is 0 Å². The first kappa shape index (κ1) is 15.5. The Labute approximate surface area is 117 Å². The SMILES string of the molecule is CC(C)CCNCC(S)C(N)Cc1ccccc1. The van der Waals surface area contributed by atoms with Crippen LogP contribution in [0.5, 0.6) is 0 Å². The Hall–Kier alpha value is -0.510. The molecule has 2 nitrogen and oxygen atoms in total. The molecule has 0 fully saturated rings. The lowest BCUT2D eigenvalue weighted by atomic mass is 10.0. The van der Waals surface area contributed by atoms with E-state index in [0.717, 1.165) is 25.4 Å². The first-order valence-electron chi connectivity index (χ1n) is 6.78. The summed E-state index contributed by atoms with van der Waals surface area (Å²) in [7, 11) is 0. The number of benzene rings is 1. The molecule has 0 aromatic heterocycles. The van der Waals surface area contributed by atoms with Gasteiger partial charge in [-0.15, -0.1) is 0 Å². The fourth-order valence-electron chi connectivity index (χ4n) is 1.81. The maximum absolute atomic E-state index is 6.17. The van der Waals surface area contributed by atoms with E-state index in [-0.39, 0.29) is 11.3 Å². The van der Waals surface area contributed by atoms with E-state index < -0.39 is 0 Å². The molecule has 0 heterocycles. The summed E-state index contributed by atoms with van der Waals surface area (Å²) in [5.41, 5.74) is 7.46. The summed E-state index contributed by atoms with van der Waals surface area (Å²) >= 11 is 4.59. The van der Waals surface area contributed by atoms with Gasteiger partial charge in [-0.2, -0.15) is 12.6 Å². The topological polar surface area (TPSA) is 38.0 Å². The molecule has 3 N–H and O–H groups in total. The van der Waals surface area contributed by atoms with Gasteiger partial charge in [-0.25, -0.2) is 0 Å². The molecule has 0 aliphatic heterocycles. The first-order valence-corrected chi connectivity index (χ1v) is 7.29. The molecule has 1 aromatic carbocycles. The average Bonchev–Trinajstić information content (AvgIpc) is 2.35. The van der Waals surface area contributed by atoms with Gasteiger partial charge < -0.3 is 11.1 Å². The summed E-state index contributed by atoms with van der Waals surface area (Å²) in [6.07, 6.45) is 2.09. The van der Waals surface area contributed by atoms with Gasteiger partial charge in [0.25, 0.3) is 0 Å². The van der Waals surface area contributed by atoms with Crippen LogP contribution in [0.2, 0.25) is 0 Å². The van der Waals surface area contributed by atoms with Crippen LogP contribution in [0.1, 0.15) is 25.8 Å². The fraction of sp³-hybridized carbons (Fsp3) is 0.600. The van der Waals surface area contributed by atoms with Crippen molar-refractivity contribution < 1.29 is 0 Å². The zero-order chi connectivity index (χ0) is 13.4. The Balaban J connectivity index is 2.22. The van der Waals surface area contributed by atoms with Gasteiger partial charge >= 0.3 is 0 Å². The molecule has 102 valence electrons. The monoisotopic (exact) mass is 266 g/mol. The van der Waals surface area contributed by atoms with Gasteiger partial charge in [0.1, 0.15) is 0 Å². The number of thiol groups is 1. The summed E-state index contributed by atoms with van der Waals surface area (Å²) in [6.45, 7) is 6.40. The smallest absolute Gasteiger partial charge is 0.0296 e. The van der Waals surface area contributed by atoms with Crippen LogP contribution in [0, 0.1) is 5.92 Å². The molecule has 1 aromatic rings. The van der Waals surface area contributed by atoms with Crippen molar-refractivity contribution >= 4 is 12.6 Å². The van der Waals surface area contributed by atoms with E-state index in [1.807, 2.05) is 6.07 Å². The van der Waals surface area contributed by atoms with Gasteiger partial charge in [0.2, 0.25) is 0 Å². The molecule has 0 saturated heterocycles. The molecule has 1 rings (SSSR count). The molecule has 0 amide bonds. The van der Waals surface area contributed by atoms with Crippen LogP contribution < -0.4 is 11.1 Å². The second kappa shape index (κ2) is 8.57. The summed E-state index contributed by atoms with van der Waals surface area (Å²) < 4.78 is 0. The van der Waals surface area contributed by atoms with E-state index in [1.165, 1.54) is 12.0 Å². The largest absolute Gasteiger partial charge is 0.326 e. The zero-order valence-corrected chi connectivity index (χ0v) is 12.4. The fourth-order valence-corrected chi connectivity index (χ4v) is 2.05. The van der Waals surface area contributed by atoms with Gasteiger partial charge in [0.15, 0.2) is 0 Å². The van der Waals surface area contributed by atoms with Crippen molar-refractivity contribution in [1.29, 1.82) is 0 Å². The van der Waals surface area contributed by atoms with Gasteiger partial charge in [0, 0.05) is 17.8 Å². The minimum Gasteiger partial charge on any atom is -0.326 e. The third-order valence-electron chi connectivity index (χ3n) is 3.06. The number of rotatable bonds is 8. The molecule has 0 aliphatic rings. The Morgan fingerprint density at radius 3 is 2.50 bits per heavy atom. The molecule has 0 saturated carbocycles. The quantitative estimate of drug-likeness (QED) is 0.499. The van der Waals surface area contributed by atoms with E-state index in [4.69, 9.17) is 5.73 Å². The van der Waals surface area contributed by atoms with Crippen molar-refractivity contribution in [2.24, 2.45) is 11.7 Å². The highest BCUT2D eigenvalue weighted by atomic mass is 32.1. The lowest BCUT2D eigenvalue weighted by Crippen LogP contribution is -2.40. The van der Waals surface area contributed by atoms with Crippen LogP contribution >= 0.6 is 12.6 Å². The zero-order valence-electron chi connectivity index (χ0n) is 11.5. The predicted octanol–water partition coefficient (Wildman–Crippen LogP) is 2.49. The number of hydrogen-bond acceptors (Lipinski definition) is 3. The molecular formula is C15H26N2S. The van der Waals surface area contributed by atoms with E-state index in [1.54, 1.807) is 0 Å². The Kier molecular flexibility index (Phi) is 7.40. The molecule has 0 spiro atoms. The molecule has 18 heavy (non-hydrogen) atoms. The van der Waals surface area contributed by atoms with Crippen LogP contribution in [0.3, 0.4) is 0 Å². The predicted molar refractivity (Wildman–Crippen MR) is 83.2 cm³/mol. The second-order valence-corrected chi connectivity index (χ2v) is 5.97. The molecule has 3 heteroatoms. The highest BCUT2D eigenvalue weighted by Crippen LogP contribution is 2.08. The minimum atomic E-state index is 0.0993. The van der Waals surface area contributed by atoms with Crippen LogP contribution in [-0.4, -0.2) is 24.4 Å². The average molecular weight is 266 g/mol. The normalized spacial score (nSPS) is 14.7. The second-order valence-electron chi connectivity index (χ2n) is 5.31. The molecular weight excluding hydrogens is 240 g/mol. The summed E-state index contributed by atoms with van der Waals surface area (Å²) in [4.78, 5) is 0. The highest BCUT2D eigenvalue weighted by molar-refractivity contribution is 7.81. The van der Waals surface area contributed by atoms with E-state index in [2.05, 4.69) is 56.1 Å². The molecule has 2 atom stereocenters. The van der Waals surface area contributed by atoms with Crippen molar-refractivity contribution in [3.05, 3.63) is 35.9 Å². The summed E-state index contributed by atoms with van der Waals surface area (Å²) in [5.74, 6) is 0.744. The van der Waals surface area contributed by atoms with E-state index >= 15 is 0 Å². The van der Waals surface area contributed by atoms with Gasteiger partial charge in [-0.3, -0.25) is 0 Å². The van der Waals surface area contributed by atoms with Crippen molar-refractivity contribution in [2.45, 2.75) is 38.0 Å². The van der Waals surface area contributed by atoms with Crippen molar-refractivity contribution in [2.75, 3.05) is 13.1 Å². The van der Waals surface area contributed by atoms with Crippen molar-refractivity contribution in [1.82, 2.24) is 5.32 Å². The standard InChI is InChI=1S/C15H26N2S/c1-12(2)8-9-17-11-15(18)14(16)10-13-6-4-3-5-7-13/h3-7,12,14-15,17-18H,8-11,16H2,1-2H3. The minimum absolute atomic E-state index is 0.0993. The van der Waals surface area contributed by atoms with Crippen LogP contribution in [-0.2, 0) is 6.42 Å². The van der Waals surface area contributed by atoms with Crippen LogP contribution in [0.4, 0.5) is 0 Å². The maximum Gasteiger partial charge on any atom is 0.0296 e. The van der Waals surface area contributed by atoms with Gasteiger partial charge in [-0.05, 0) is 30.9 Å². The lowest BCUT2D eigenvalue weighted by Gasteiger charge is -2.20. The van der Waals surface area contributed by atoms with Crippen LogP contribution in [0.25, 0.3) is 0 Å².